The van der Waals surface area contributed by atoms with E-state index in [0.29, 0.717) is 0 Å². The summed E-state index contributed by atoms with van der Waals surface area (Å²) in [4.78, 5) is 2.46. The molecule has 2 heterocycles. The first kappa shape index (κ1) is 14.9. The SMILES string of the molecule is CSC1(C#N)CCN(CC2OCCc3ccccc32)CC1. The molecule has 0 bridgehead atoms. The van der Waals surface area contributed by atoms with E-state index in [1.165, 1.54) is 11.1 Å². The van der Waals surface area contributed by atoms with E-state index in [0.717, 1.165) is 45.5 Å². The van der Waals surface area contributed by atoms with E-state index in [-0.39, 0.29) is 10.9 Å². The highest BCUT2D eigenvalue weighted by molar-refractivity contribution is 8.00. The normalized spacial score (nSPS) is 25.0. The van der Waals surface area contributed by atoms with Crippen molar-refractivity contribution in [1.82, 2.24) is 4.90 Å². The minimum Gasteiger partial charge on any atom is -0.372 e. The van der Waals surface area contributed by atoms with E-state index in [4.69, 9.17) is 4.74 Å². The third-order valence-corrected chi connectivity index (χ3v) is 6.06. The Kier molecular flexibility index (Phi) is 4.54. The molecule has 1 aromatic rings. The van der Waals surface area contributed by atoms with Gasteiger partial charge < -0.3 is 9.64 Å². The molecule has 0 radical (unpaired) electrons. The van der Waals surface area contributed by atoms with Gasteiger partial charge in [-0.25, -0.2) is 0 Å². The summed E-state index contributed by atoms with van der Waals surface area (Å²) in [6, 6.07) is 11.1. The largest absolute Gasteiger partial charge is 0.372 e. The Labute approximate surface area is 131 Å². The lowest BCUT2D eigenvalue weighted by Crippen LogP contribution is -2.43. The van der Waals surface area contributed by atoms with Crippen LogP contribution in [0.25, 0.3) is 0 Å². The number of likely N-dealkylation sites (tertiary alicyclic amines) is 1. The van der Waals surface area contributed by atoms with E-state index < -0.39 is 0 Å². The van der Waals surface area contributed by atoms with E-state index >= 15 is 0 Å². The highest BCUT2D eigenvalue weighted by atomic mass is 32.2. The van der Waals surface area contributed by atoms with Crippen molar-refractivity contribution in [2.45, 2.75) is 30.1 Å². The van der Waals surface area contributed by atoms with E-state index in [9.17, 15) is 5.26 Å². The molecular formula is C17H22N2OS. The van der Waals surface area contributed by atoms with E-state index in [2.05, 4.69) is 41.5 Å². The third-order valence-electron chi connectivity index (χ3n) is 4.77. The molecule has 2 aliphatic heterocycles. The fraction of sp³-hybridized carbons (Fsp3) is 0.588. The van der Waals surface area contributed by atoms with Crippen LogP contribution in [0.15, 0.2) is 24.3 Å². The van der Waals surface area contributed by atoms with Gasteiger partial charge in [0.2, 0.25) is 0 Å². The molecule has 0 amide bonds. The molecule has 1 fully saturated rings. The van der Waals surface area contributed by atoms with Crippen molar-refractivity contribution < 1.29 is 4.74 Å². The maximum absolute atomic E-state index is 9.37. The Bertz CT molecular complexity index is 532. The quantitative estimate of drug-likeness (QED) is 0.860. The number of piperidine rings is 1. The first-order valence-corrected chi connectivity index (χ1v) is 8.87. The van der Waals surface area contributed by atoms with Crippen LogP contribution in [0.4, 0.5) is 0 Å². The summed E-state index contributed by atoms with van der Waals surface area (Å²) in [7, 11) is 0. The van der Waals surface area contributed by atoms with Gasteiger partial charge in [0.1, 0.15) is 4.75 Å². The van der Waals surface area contributed by atoms with E-state index in [1.807, 2.05) is 0 Å². The van der Waals surface area contributed by atoms with Crippen LogP contribution in [0.3, 0.4) is 0 Å². The second-order valence-electron chi connectivity index (χ2n) is 5.92. The maximum Gasteiger partial charge on any atom is 0.104 e. The summed E-state index contributed by atoms with van der Waals surface area (Å²) >= 11 is 1.71. The summed E-state index contributed by atoms with van der Waals surface area (Å²) in [5, 5.41) is 9.37. The van der Waals surface area contributed by atoms with Crippen LogP contribution in [-0.2, 0) is 11.2 Å². The smallest absolute Gasteiger partial charge is 0.104 e. The van der Waals surface area contributed by atoms with Gasteiger partial charge in [-0.2, -0.15) is 5.26 Å². The average Bonchev–Trinajstić information content (AvgIpc) is 2.56. The minimum absolute atomic E-state index is 0.165. The average molecular weight is 302 g/mol. The molecule has 4 heteroatoms. The van der Waals surface area contributed by atoms with Gasteiger partial charge in [0.05, 0.1) is 18.8 Å². The molecule has 1 aromatic carbocycles. The lowest BCUT2D eigenvalue weighted by atomic mass is 9.94. The number of rotatable bonds is 3. The van der Waals surface area contributed by atoms with Crippen LogP contribution in [-0.4, -0.2) is 42.1 Å². The summed E-state index contributed by atoms with van der Waals surface area (Å²) in [5.74, 6) is 0. The van der Waals surface area contributed by atoms with Crippen molar-refractivity contribution >= 4 is 11.8 Å². The molecule has 1 atom stereocenters. The van der Waals surface area contributed by atoms with Crippen LogP contribution in [0.2, 0.25) is 0 Å². The number of hydrogen-bond donors (Lipinski definition) is 0. The van der Waals surface area contributed by atoms with Gasteiger partial charge >= 0.3 is 0 Å². The molecule has 0 saturated carbocycles. The molecular weight excluding hydrogens is 280 g/mol. The Balaban J connectivity index is 1.63. The zero-order valence-electron chi connectivity index (χ0n) is 12.5. The molecule has 1 saturated heterocycles. The molecule has 3 nitrogen and oxygen atoms in total. The monoisotopic (exact) mass is 302 g/mol. The van der Waals surface area contributed by atoms with Gasteiger partial charge in [0.15, 0.2) is 0 Å². The Morgan fingerprint density at radius 3 is 2.86 bits per heavy atom. The van der Waals surface area contributed by atoms with Gasteiger partial charge in [0.25, 0.3) is 0 Å². The fourth-order valence-corrected chi connectivity index (χ4v) is 4.00. The molecule has 0 spiro atoms. The number of nitrogens with zero attached hydrogens (tertiary/aromatic N) is 2. The second-order valence-corrected chi connectivity index (χ2v) is 7.11. The Morgan fingerprint density at radius 1 is 1.38 bits per heavy atom. The third kappa shape index (κ3) is 3.11. The minimum atomic E-state index is -0.165. The van der Waals surface area contributed by atoms with Crippen molar-refractivity contribution in [3.63, 3.8) is 0 Å². The molecule has 0 aromatic heterocycles. The summed E-state index contributed by atoms with van der Waals surface area (Å²) in [5.41, 5.74) is 2.78. The molecule has 3 rings (SSSR count). The predicted octanol–water partition coefficient (Wildman–Crippen LogP) is 3.02. The number of nitriles is 1. The Hall–Kier alpha value is -1.02. The Morgan fingerprint density at radius 2 is 2.14 bits per heavy atom. The second kappa shape index (κ2) is 6.39. The molecule has 2 aliphatic rings. The standard InChI is InChI=1S/C17H22N2OS/c1-21-17(13-18)7-9-19(10-8-17)12-16-15-5-3-2-4-14(15)6-11-20-16/h2-5,16H,6-12H2,1H3. The van der Waals surface area contributed by atoms with Crippen LogP contribution in [0.5, 0.6) is 0 Å². The predicted molar refractivity (Wildman–Crippen MR) is 86.4 cm³/mol. The van der Waals surface area contributed by atoms with Crippen LogP contribution in [0.1, 0.15) is 30.1 Å². The van der Waals surface area contributed by atoms with E-state index in [1.54, 1.807) is 11.8 Å². The highest BCUT2D eigenvalue weighted by Crippen LogP contribution is 2.35. The lowest BCUT2D eigenvalue weighted by Gasteiger charge is -2.38. The summed E-state index contributed by atoms with van der Waals surface area (Å²) in [6.07, 6.45) is 5.19. The zero-order valence-corrected chi connectivity index (χ0v) is 13.4. The van der Waals surface area contributed by atoms with Crippen molar-refractivity contribution in [3.8, 4) is 6.07 Å². The van der Waals surface area contributed by atoms with Crippen molar-refractivity contribution in [2.24, 2.45) is 0 Å². The number of ether oxygens (including phenoxy) is 1. The maximum atomic E-state index is 9.37. The van der Waals surface area contributed by atoms with Crippen molar-refractivity contribution in [1.29, 1.82) is 5.26 Å². The first-order valence-electron chi connectivity index (χ1n) is 7.64. The molecule has 21 heavy (non-hydrogen) atoms. The number of hydrogen-bond acceptors (Lipinski definition) is 4. The van der Waals surface area contributed by atoms with Gasteiger partial charge in [-0.1, -0.05) is 24.3 Å². The zero-order chi connectivity index (χ0) is 14.7. The molecule has 1 unspecified atom stereocenters. The highest BCUT2D eigenvalue weighted by Gasteiger charge is 2.35. The first-order chi connectivity index (χ1) is 10.3. The number of fused-ring (bicyclic) bond motifs is 1. The summed E-state index contributed by atoms with van der Waals surface area (Å²) < 4.78 is 5.84. The van der Waals surface area contributed by atoms with Crippen LogP contribution in [0, 0.1) is 11.3 Å². The molecule has 0 N–H and O–H groups in total. The van der Waals surface area contributed by atoms with Gasteiger partial charge in [0, 0.05) is 19.6 Å². The van der Waals surface area contributed by atoms with Gasteiger partial charge in [-0.15, -0.1) is 11.8 Å². The number of benzene rings is 1. The molecule has 112 valence electrons. The number of thioether (sulfide) groups is 1. The lowest BCUT2D eigenvalue weighted by molar-refractivity contribution is 0.0113. The van der Waals surface area contributed by atoms with Crippen molar-refractivity contribution in [2.75, 3.05) is 32.5 Å². The topological polar surface area (TPSA) is 36.3 Å². The molecule has 0 aliphatic carbocycles. The fourth-order valence-electron chi connectivity index (χ4n) is 3.32. The van der Waals surface area contributed by atoms with Crippen LogP contribution < -0.4 is 0 Å². The van der Waals surface area contributed by atoms with Crippen LogP contribution >= 0.6 is 11.8 Å². The van der Waals surface area contributed by atoms with Gasteiger partial charge in [-0.3, -0.25) is 0 Å². The van der Waals surface area contributed by atoms with Crippen molar-refractivity contribution in [3.05, 3.63) is 35.4 Å². The summed E-state index contributed by atoms with van der Waals surface area (Å²) in [6.45, 7) is 3.77. The van der Waals surface area contributed by atoms with Gasteiger partial charge in [-0.05, 0) is 36.6 Å².